The van der Waals surface area contributed by atoms with E-state index in [4.69, 9.17) is 4.74 Å². The van der Waals surface area contributed by atoms with Crippen LogP contribution in [0.4, 0.5) is 0 Å². The quantitative estimate of drug-likeness (QED) is 0.838. The van der Waals surface area contributed by atoms with Crippen LogP contribution >= 0.6 is 0 Å². The van der Waals surface area contributed by atoms with E-state index in [9.17, 15) is 0 Å². The smallest absolute Gasteiger partial charge is 0.0622 e. The summed E-state index contributed by atoms with van der Waals surface area (Å²) in [6.07, 6.45) is 1.16. The van der Waals surface area contributed by atoms with Gasteiger partial charge in [-0.25, -0.2) is 0 Å². The third-order valence-corrected chi connectivity index (χ3v) is 3.33. The summed E-state index contributed by atoms with van der Waals surface area (Å²) in [6.45, 7) is 3.73. The number of ether oxygens (including phenoxy) is 1. The fourth-order valence-electron chi connectivity index (χ4n) is 2.33. The first-order valence-electron chi connectivity index (χ1n) is 6.30. The van der Waals surface area contributed by atoms with Crippen LogP contribution in [0.1, 0.15) is 17.5 Å². The molecule has 2 rings (SSSR count). The maximum absolute atomic E-state index is 5.43. The minimum atomic E-state index is 0.586. The predicted octanol–water partition coefficient (Wildman–Crippen LogP) is 1.63. The van der Waals surface area contributed by atoms with Crippen LogP contribution in [-0.2, 0) is 17.8 Å². The third kappa shape index (κ3) is 3.53. The van der Waals surface area contributed by atoms with Gasteiger partial charge in [0.05, 0.1) is 6.61 Å². The van der Waals surface area contributed by atoms with Gasteiger partial charge in [-0.15, -0.1) is 0 Å². The Bertz CT molecular complexity index is 348. The van der Waals surface area contributed by atoms with Gasteiger partial charge in [0.1, 0.15) is 0 Å². The van der Waals surface area contributed by atoms with E-state index in [1.165, 1.54) is 11.1 Å². The zero-order chi connectivity index (χ0) is 12.1. The largest absolute Gasteiger partial charge is 0.380 e. The van der Waals surface area contributed by atoms with Crippen LogP contribution in [0.5, 0.6) is 0 Å². The second-order valence-electron chi connectivity index (χ2n) is 4.78. The van der Waals surface area contributed by atoms with Gasteiger partial charge < -0.3 is 10.1 Å². The van der Waals surface area contributed by atoms with Gasteiger partial charge in [0.2, 0.25) is 0 Å². The second-order valence-corrected chi connectivity index (χ2v) is 4.78. The van der Waals surface area contributed by atoms with Gasteiger partial charge in [-0.05, 0) is 31.6 Å². The molecule has 0 aliphatic carbocycles. The predicted molar refractivity (Wildman–Crippen MR) is 69.9 cm³/mol. The van der Waals surface area contributed by atoms with Crippen molar-refractivity contribution in [1.29, 1.82) is 0 Å². The highest BCUT2D eigenvalue weighted by Crippen LogP contribution is 2.14. The SMILES string of the molecule is CNCc1cccc(CN(C)C2CCOC2)c1. The second kappa shape index (κ2) is 6.15. The fraction of sp³-hybridized carbons (Fsp3) is 0.571. The summed E-state index contributed by atoms with van der Waals surface area (Å²) in [5.74, 6) is 0. The van der Waals surface area contributed by atoms with Crippen LogP contribution in [-0.4, -0.2) is 38.3 Å². The van der Waals surface area contributed by atoms with E-state index in [1.807, 2.05) is 7.05 Å². The van der Waals surface area contributed by atoms with Crippen molar-refractivity contribution in [1.82, 2.24) is 10.2 Å². The minimum absolute atomic E-state index is 0.586. The maximum Gasteiger partial charge on any atom is 0.0622 e. The highest BCUT2D eigenvalue weighted by molar-refractivity contribution is 5.23. The minimum Gasteiger partial charge on any atom is -0.380 e. The molecule has 0 amide bonds. The lowest BCUT2D eigenvalue weighted by molar-refractivity contribution is 0.156. The zero-order valence-electron chi connectivity index (χ0n) is 10.8. The Morgan fingerprint density at radius 2 is 2.24 bits per heavy atom. The highest BCUT2D eigenvalue weighted by atomic mass is 16.5. The molecule has 1 N–H and O–H groups in total. The Hall–Kier alpha value is -0.900. The monoisotopic (exact) mass is 234 g/mol. The summed E-state index contributed by atoms with van der Waals surface area (Å²) in [5.41, 5.74) is 2.73. The van der Waals surface area contributed by atoms with Crippen LogP contribution in [0.15, 0.2) is 24.3 Å². The molecule has 94 valence electrons. The number of likely N-dealkylation sites (N-methyl/N-ethyl adjacent to an activating group) is 1. The Balaban J connectivity index is 1.94. The first-order valence-corrected chi connectivity index (χ1v) is 6.30. The third-order valence-electron chi connectivity index (χ3n) is 3.33. The molecule has 3 nitrogen and oxygen atoms in total. The van der Waals surface area contributed by atoms with Crippen molar-refractivity contribution < 1.29 is 4.74 Å². The van der Waals surface area contributed by atoms with Gasteiger partial charge in [-0.1, -0.05) is 24.3 Å². The molecule has 1 unspecified atom stereocenters. The molecule has 0 radical (unpaired) electrons. The van der Waals surface area contributed by atoms with Crippen molar-refractivity contribution in [3.63, 3.8) is 0 Å². The zero-order valence-corrected chi connectivity index (χ0v) is 10.8. The van der Waals surface area contributed by atoms with E-state index in [0.29, 0.717) is 6.04 Å². The van der Waals surface area contributed by atoms with E-state index >= 15 is 0 Å². The molecule has 0 saturated carbocycles. The normalized spacial score (nSPS) is 20.1. The summed E-state index contributed by atoms with van der Waals surface area (Å²) in [5, 5.41) is 3.19. The molecular formula is C14H22N2O. The van der Waals surface area contributed by atoms with E-state index < -0.39 is 0 Å². The number of nitrogens with one attached hydrogen (secondary N) is 1. The lowest BCUT2D eigenvalue weighted by Gasteiger charge is -2.23. The number of benzene rings is 1. The number of rotatable bonds is 5. The lowest BCUT2D eigenvalue weighted by atomic mass is 10.1. The molecule has 1 aliphatic heterocycles. The molecule has 3 heteroatoms. The topological polar surface area (TPSA) is 24.5 Å². The Labute approximate surface area is 104 Å². The standard InChI is InChI=1S/C14H22N2O/c1-15-9-12-4-3-5-13(8-12)10-16(2)14-6-7-17-11-14/h3-5,8,14-15H,6-7,9-11H2,1-2H3. The van der Waals surface area contributed by atoms with Crippen molar-refractivity contribution >= 4 is 0 Å². The molecule has 0 bridgehead atoms. The van der Waals surface area contributed by atoms with Crippen molar-refractivity contribution in [2.75, 3.05) is 27.3 Å². The summed E-state index contributed by atoms with van der Waals surface area (Å²) < 4.78 is 5.43. The molecule has 1 aliphatic rings. The Morgan fingerprint density at radius 1 is 1.41 bits per heavy atom. The van der Waals surface area contributed by atoms with Crippen LogP contribution in [0.3, 0.4) is 0 Å². The van der Waals surface area contributed by atoms with E-state index in [2.05, 4.69) is 41.5 Å². The summed E-state index contributed by atoms with van der Waals surface area (Å²) in [6, 6.07) is 9.37. The van der Waals surface area contributed by atoms with Crippen molar-refractivity contribution in [2.24, 2.45) is 0 Å². The highest BCUT2D eigenvalue weighted by Gasteiger charge is 2.19. The molecule has 0 aromatic heterocycles. The molecule has 0 spiro atoms. The van der Waals surface area contributed by atoms with Crippen LogP contribution in [0, 0.1) is 0 Å². The van der Waals surface area contributed by atoms with E-state index in [-0.39, 0.29) is 0 Å². The van der Waals surface area contributed by atoms with Crippen LogP contribution in [0.25, 0.3) is 0 Å². The van der Waals surface area contributed by atoms with Crippen molar-refractivity contribution in [2.45, 2.75) is 25.6 Å². The fourth-order valence-corrected chi connectivity index (χ4v) is 2.33. The van der Waals surface area contributed by atoms with Crippen molar-refractivity contribution in [3.05, 3.63) is 35.4 Å². The molecular weight excluding hydrogens is 212 g/mol. The maximum atomic E-state index is 5.43. The van der Waals surface area contributed by atoms with Gasteiger partial charge >= 0.3 is 0 Å². The molecule has 17 heavy (non-hydrogen) atoms. The lowest BCUT2D eigenvalue weighted by Crippen LogP contribution is -2.31. The van der Waals surface area contributed by atoms with Gasteiger partial charge in [0, 0.05) is 25.7 Å². The first kappa shape index (κ1) is 12.6. The average molecular weight is 234 g/mol. The molecule has 1 heterocycles. The van der Waals surface area contributed by atoms with E-state index in [0.717, 1.165) is 32.7 Å². The molecule has 1 atom stereocenters. The number of hydrogen-bond acceptors (Lipinski definition) is 3. The van der Waals surface area contributed by atoms with Gasteiger partial charge in [0.25, 0.3) is 0 Å². The summed E-state index contributed by atoms with van der Waals surface area (Å²) in [4.78, 5) is 2.39. The van der Waals surface area contributed by atoms with E-state index in [1.54, 1.807) is 0 Å². The molecule has 1 aromatic rings. The van der Waals surface area contributed by atoms with Gasteiger partial charge in [-0.2, -0.15) is 0 Å². The first-order chi connectivity index (χ1) is 8.29. The number of hydrogen-bond donors (Lipinski definition) is 1. The van der Waals surface area contributed by atoms with Crippen LogP contribution in [0.2, 0.25) is 0 Å². The summed E-state index contributed by atoms with van der Waals surface area (Å²) >= 11 is 0. The molecule has 1 aromatic carbocycles. The molecule has 1 saturated heterocycles. The average Bonchev–Trinajstić information content (AvgIpc) is 2.83. The Kier molecular flexibility index (Phi) is 4.54. The van der Waals surface area contributed by atoms with Crippen LogP contribution < -0.4 is 5.32 Å². The van der Waals surface area contributed by atoms with Gasteiger partial charge in [0.15, 0.2) is 0 Å². The summed E-state index contributed by atoms with van der Waals surface area (Å²) in [7, 11) is 4.17. The molecule has 1 fully saturated rings. The van der Waals surface area contributed by atoms with Gasteiger partial charge in [-0.3, -0.25) is 4.90 Å². The Morgan fingerprint density at radius 3 is 2.94 bits per heavy atom. The van der Waals surface area contributed by atoms with Crippen molar-refractivity contribution in [3.8, 4) is 0 Å². The number of nitrogens with zero attached hydrogens (tertiary/aromatic N) is 1.